The number of hydrogen-bond acceptors (Lipinski definition) is 1. The van der Waals surface area contributed by atoms with E-state index in [1.807, 2.05) is 0 Å². The van der Waals surface area contributed by atoms with Crippen molar-refractivity contribution in [3.63, 3.8) is 0 Å². The molecule has 0 aliphatic heterocycles. The topological polar surface area (TPSA) is 20.2 Å². The van der Waals surface area contributed by atoms with Gasteiger partial charge in [0.2, 0.25) is 0 Å². The number of hydrogen-bond donors (Lipinski definition) is 1. The lowest BCUT2D eigenvalue weighted by Crippen LogP contribution is -2.22. The van der Waals surface area contributed by atoms with E-state index >= 15 is 0 Å². The van der Waals surface area contributed by atoms with Crippen molar-refractivity contribution in [2.45, 2.75) is 66.2 Å². The molecule has 1 heteroatoms. The van der Waals surface area contributed by atoms with Gasteiger partial charge in [0.1, 0.15) is 0 Å². The van der Waals surface area contributed by atoms with Gasteiger partial charge in [0, 0.05) is 6.61 Å². The second kappa shape index (κ2) is 7.28. The first-order chi connectivity index (χ1) is 6.54. The minimum Gasteiger partial charge on any atom is -0.396 e. The van der Waals surface area contributed by atoms with Gasteiger partial charge in [0.15, 0.2) is 0 Å². The average Bonchev–Trinajstić information content (AvgIpc) is 2.15. The second-order valence-electron chi connectivity index (χ2n) is 5.21. The van der Waals surface area contributed by atoms with Gasteiger partial charge in [0.05, 0.1) is 0 Å². The highest BCUT2D eigenvalue weighted by Crippen LogP contribution is 2.34. The van der Waals surface area contributed by atoms with Gasteiger partial charge in [0.25, 0.3) is 0 Å². The predicted molar refractivity (Wildman–Crippen MR) is 63.4 cm³/mol. The van der Waals surface area contributed by atoms with Gasteiger partial charge in [-0.1, -0.05) is 53.4 Å². The van der Waals surface area contributed by atoms with Gasteiger partial charge in [-0.15, -0.1) is 0 Å². The van der Waals surface area contributed by atoms with Gasteiger partial charge < -0.3 is 5.11 Å². The van der Waals surface area contributed by atoms with Crippen LogP contribution in [0.25, 0.3) is 0 Å². The zero-order valence-electron chi connectivity index (χ0n) is 10.5. The standard InChI is InChI=1S/C13H28O/c1-5-6-7-9-12(2)13(3,4)10-8-11-14/h12,14H,5-11H2,1-4H3. The summed E-state index contributed by atoms with van der Waals surface area (Å²) in [6, 6.07) is 0. The Hall–Kier alpha value is -0.0400. The summed E-state index contributed by atoms with van der Waals surface area (Å²) in [4.78, 5) is 0. The molecule has 0 radical (unpaired) electrons. The summed E-state index contributed by atoms with van der Waals surface area (Å²) in [5.74, 6) is 0.778. The monoisotopic (exact) mass is 200 g/mol. The fourth-order valence-electron chi connectivity index (χ4n) is 1.87. The van der Waals surface area contributed by atoms with Crippen LogP contribution in [-0.4, -0.2) is 11.7 Å². The first kappa shape index (κ1) is 14.0. The molecule has 0 aromatic heterocycles. The molecule has 86 valence electrons. The van der Waals surface area contributed by atoms with Crippen LogP contribution in [0.15, 0.2) is 0 Å². The molecular formula is C13H28O. The number of rotatable bonds is 8. The van der Waals surface area contributed by atoms with Crippen molar-refractivity contribution in [2.75, 3.05) is 6.61 Å². The third-order valence-electron chi connectivity index (χ3n) is 3.55. The van der Waals surface area contributed by atoms with Gasteiger partial charge >= 0.3 is 0 Å². The summed E-state index contributed by atoms with van der Waals surface area (Å²) in [6.45, 7) is 9.61. The van der Waals surface area contributed by atoms with Crippen molar-refractivity contribution in [2.24, 2.45) is 11.3 Å². The van der Waals surface area contributed by atoms with Crippen LogP contribution in [0.2, 0.25) is 0 Å². The van der Waals surface area contributed by atoms with Crippen molar-refractivity contribution in [3.8, 4) is 0 Å². The fourth-order valence-corrected chi connectivity index (χ4v) is 1.87. The molecule has 0 saturated heterocycles. The van der Waals surface area contributed by atoms with Crippen molar-refractivity contribution in [3.05, 3.63) is 0 Å². The molecule has 0 aromatic rings. The molecule has 0 aromatic carbocycles. The summed E-state index contributed by atoms with van der Waals surface area (Å²) in [6.07, 6.45) is 7.47. The third kappa shape index (κ3) is 5.64. The molecular weight excluding hydrogens is 172 g/mol. The highest BCUT2D eigenvalue weighted by atomic mass is 16.2. The quantitative estimate of drug-likeness (QED) is 0.587. The Morgan fingerprint density at radius 2 is 1.79 bits per heavy atom. The maximum absolute atomic E-state index is 8.83. The Balaban J connectivity index is 3.75. The Kier molecular flexibility index (Phi) is 7.26. The molecule has 0 spiro atoms. The fraction of sp³-hybridized carbons (Fsp3) is 1.00. The minimum absolute atomic E-state index is 0.338. The minimum atomic E-state index is 0.338. The van der Waals surface area contributed by atoms with E-state index < -0.39 is 0 Å². The van der Waals surface area contributed by atoms with Crippen LogP contribution in [0, 0.1) is 11.3 Å². The van der Waals surface area contributed by atoms with Crippen molar-refractivity contribution in [1.82, 2.24) is 0 Å². The highest BCUT2D eigenvalue weighted by molar-refractivity contribution is 4.75. The third-order valence-corrected chi connectivity index (χ3v) is 3.55. The molecule has 0 heterocycles. The molecule has 1 N–H and O–H groups in total. The van der Waals surface area contributed by atoms with E-state index in [0.29, 0.717) is 12.0 Å². The van der Waals surface area contributed by atoms with E-state index in [1.54, 1.807) is 0 Å². The Morgan fingerprint density at radius 1 is 1.14 bits per heavy atom. The van der Waals surface area contributed by atoms with Crippen LogP contribution in [0.5, 0.6) is 0 Å². The smallest absolute Gasteiger partial charge is 0.0431 e. The van der Waals surface area contributed by atoms with Gasteiger partial charge in [-0.3, -0.25) is 0 Å². The maximum atomic E-state index is 8.83. The van der Waals surface area contributed by atoms with E-state index in [0.717, 1.165) is 18.8 Å². The molecule has 1 nitrogen and oxygen atoms in total. The summed E-state index contributed by atoms with van der Waals surface area (Å²) in [5, 5.41) is 8.83. The first-order valence-electron chi connectivity index (χ1n) is 6.15. The molecule has 1 atom stereocenters. The van der Waals surface area contributed by atoms with Crippen molar-refractivity contribution in [1.29, 1.82) is 0 Å². The molecule has 0 bridgehead atoms. The van der Waals surface area contributed by atoms with E-state index in [2.05, 4.69) is 27.7 Å². The molecule has 1 unspecified atom stereocenters. The van der Waals surface area contributed by atoms with E-state index in [1.165, 1.54) is 25.7 Å². The first-order valence-corrected chi connectivity index (χ1v) is 6.15. The number of aliphatic hydroxyl groups is 1. The SMILES string of the molecule is CCCCCC(C)C(C)(C)CCCO. The van der Waals surface area contributed by atoms with Crippen LogP contribution in [-0.2, 0) is 0 Å². The van der Waals surface area contributed by atoms with Crippen LogP contribution >= 0.6 is 0 Å². The Labute approximate surface area is 89.9 Å². The maximum Gasteiger partial charge on any atom is 0.0431 e. The van der Waals surface area contributed by atoms with Gasteiger partial charge in [-0.05, 0) is 24.2 Å². The summed E-state index contributed by atoms with van der Waals surface area (Å²) < 4.78 is 0. The van der Waals surface area contributed by atoms with Crippen LogP contribution in [0.3, 0.4) is 0 Å². The average molecular weight is 200 g/mol. The largest absolute Gasteiger partial charge is 0.396 e. The van der Waals surface area contributed by atoms with Crippen molar-refractivity contribution >= 4 is 0 Å². The van der Waals surface area contributed by atoms with Crippen LogP contribution < -0.4 is 0 Å². The number of aliphatic hydroxyl groups excluding tert-OH is 1. The Bertz CT molecular complexity index is 129. The van der Waals surface area contributed by atoms with Crippen molar-refractivity contribution < 1.29 is 5.11 Å². The van der Waals surface area contributed by atoms with E-state index in [4.69, 9.17) is 5.11 Å². The summed E-state index contributed by atoms with van der Waals surface area (Å²) >= 11 is 0. The Morgan fingerprint density at radius 3 is 2.29 bits per heavy atom. The highest BCUT2D eigenvalue weighted by Gasteiger charge is 2.24. The van der Waals surface area contributed by atoms with Gasteiger partial charge in [-0.25, -0.2) is 0 Å². The second-order valence-corrected chi connectivity index (χ2v) is 5.21. The molecule has 0 fully saturated rings. The normalized spacial score (nSPS) is 14.4. The molecule has 0 saturated carbocycles. The van der Waals surface area contributed by atoms with E-state index in [9.17, 15) is 0 Å². The molecule has 0 rings (SSSR count). The molecule has 0 aliphatic rings. The van der Waals surface area contributed by atoms with Crippen LogP contribution in [0.4, 0.5) is 0 Å². The molecule has 0 aliphatic carbocycles. The summed E-state index contributed by atoms with van der Waals surface area (Å²) in [5.41, 5.74) is 0.399. The lowest BCUT2D eigenvalue weighted by Gasteiger charge is -2.32. The van der Waals surface area contributed by atoms with E-state index in [-0.39, 0.29) is 0 Å². The van der Waals surface area contributed by atoms with Crippen LogP contribution in [0.1, 0.15) is 66.2 Å². The summed E-state index contributed by atoms with van der Waals surface area (Å²) in [7, 11) is 0. The molecule has 14 heavy (non-hydrogen) atoms. The van der Waals surface area contributed by atoms with Gasteiger partial charge in [-0.2, -0.15) is 0 Å². The predicted octanol–water partition coefficient (Wildman–Crippen LogP) is 4.00. The molecule has 0 amide bonds. The zero-order valence-corrected chi connectivity index (χ0v) is 10.5. The lowest BCUT2D eigenvalue weighted by molar-refractivity contribution is 0.170. The lowest BCUT2D eigenvalue weighted by atomic mass is 9.74. The number of unbranched alkanes of at least 4 members (excludes halogenated alkanes) is 2. The zero-order chi connectivity index (χ0) is 11.0.